The quantitative estimate of drug-likeness (QED) is 0.440. The highest BCUT2D eigenvalue weighted by Crippen LogP contribution is 2.42. The first kappa shape index (κ1) is 22.3. The fraction of sp³-hybridized carbons (Fsp3) is 0.545. The van der Waals surface area contributed by atoms with E-state index >= 15 is 0 Å². The molecule has 2 aliphatic rings. The van der Waals surface area contributed by atoms with Crippen LogP contribution in [0.5, 0.6) is 0 Å². The van der Waals surface area contributed by atoms with Crippen LogP contribution in [0.2, 0.25) is 5.02 Å². The average molecular weight is 473 g/mol. The number of hydrogen-bond donors (Lipinski definition) is 4. The number of H-pyrrole nitrogens is 1. The Balaban J connectivity index is 1.47. The summed E-state index contributed by atoms with van der Waals surface area (Å²) in [7, 11) is 0. The lowest BCUT2D eigenvalue weighted by molar-refractivity contribution is 0.0973. The largest absolute Gasteiger partial charge is 0.390 e. The minimum atomic E-state index is -0.225. The van der Waals surface area contributed by atoms with Crippen molar-refractivity contribution in [2.24, 2.45) is 11.1 Å². The van der Waals surface area contributed by atoms with Crippen molar-refractivity contribution in [2.45, 2.75) is 45.4 Å². The Morgan fingerprint density at radius 2 is 2.15 bits per heavy atom. The summed E-state index contributed by atoms with van der Waals surface area (Å²) in [6.45, 7) is 6.74. The number of piperidine rings is 1. The zero-order chi connectivity index (χ0) is 23.2. The third kappa shape index (κ3) is 3.71. The fourth-order valence-corrected chi connectivity index (χ4v) is 5.24. The number of halogens is 1. The van der Waals surface area contributed by atoms with E-state index in [0.29, 0.717) is 52.4 Å². The van der Waals surface area contributed by atoms with Gasteiger partial charge in [0.1, 0.15) is 17.0 Å². The molecule has 176 valence electrons. The number of nitrogens with one attached hydrogen (secondary N) is 2. The van der Waals surface area contributed by atoms with E-state index in [4.69, 9.17) is 32.0 Å². The first-order chi connectivity index (χ1) is 16.0. The van der Waals surface area contributed by atoms with Gasteiger partial charge in [-0.25, -0.2) is 15.0 Å². The number of aliphatic hydroxyl groups is 1. The third-order valence-electron chi connectivity index (χ3n) is 7.00. The van der Waals surface area contributed by atoms with E-state index in [9.17, 15) is 5.11 Å². The molecule has 5 N–H and O–H groups in total. The first-order valence-corrected chi connectivity index (χ1v) is 11.7. The fourth-order valence-electron chi connectivity index (χ4n) is 4.97. The molecule has 0 aromatic carbocycles. The maximum absolute atomic E-state index is 10.1. The number of aliphatic hydroxyl groups excluding tert-OH is 1. The SMILES string of the molecule is CCNc1nccc(-c2[nH]nc3nc(N4CCC5(CC4)CO[C@@H](C)[C@H]5N)c(CO)nc23)c1Cl. The summed E-state index contributed by atoms with van der Waals surface area (Å²) in [6.07, 6.45) is 3.59. The molecule has 33 heavy (non-hydrogen) atoms. The molecular weight excluding hydrogens is 444 g/mol. The van der Waals surface area contributed by atoms with Gasteiger partial charge in [0.2, 0.25) is 5.65 Å². The van der Waals surface area contributed by atoms with Crippen LogP contribution in [0.1, 0.15) is 32.4 Å². The highest BCUT2D eigenvalue weighted by molar-refractivity contribution is 6.35. The highest BCUT2D eigenvalue weighted by Gasteiger charge is 2.47. The van der Waals surface area contributed by atoms with Crippen LogP contribution in [0.4, 0.5) is 11.6 Å². The number of hydrogen-bond acceptors (Lipinski definition) is 9. The molecule has 2 saturated heterocycles. The smallest absolute Gasteiger partial charge is 0.202 e. The van der Waals surface area contributed by atoms with E-state index < -0.39 is 0 Å². The number of aromatic amines is 1. The summed E-state index contributed by atoms with van der Waals surface area (Å²) >= 11 is 6.59. The molecule has 5 rings (SSSR count). The number of fused-ring (bicyclic) bond motifs is 1. The second kappa shape index (κ2) is 8.68. The van der Waals surface area contributed by atoms with E-state index in [1.807, 2.05) is 19.9 Å². The number of pyridine rings is 1. The van der Waals surface area contributed by atoms with Crippen molar-refractivity contribution in [3.8, 4) is 11.3 Å². The molecule has 0 aliphatic carbocycles. The number of rotatable bonds is 5. The lowest BCUT2D eigenvalue weighted by atomic mass is 9.73. The molecular formula is C22H29ClN8O2. The van der Waals surface area contributed by atoms with Gasteiger partial charge in [-0.05, 0) is 32.8 Å². The number of nitrogens with two attached hydrogens (primary N) is 1. The summed E-state index contributed by atoms with van der Waals surface area (Å²) in [4.78, 5) is 16.0. The molecule has 5 heterocycles. The minimum Gasteiger partial charge on any atom is -0.390 e. The van der Waals surface area contributed by atoms with Crippen molar-refractivity contribution >= 4 is 34.4 Å². The highest BCUT2D eigenvalue weighted by atomic mass is 35.5. The molecule has 0 saturated carbocycles. The lowest BCUT2D eigenvalue weighted by Crippen LogP contribution is -2.51. The molecule has 0 unspecified atom stereocenters. The maximum Gasteiger partial charge on any atom is 0.202 e. The summed E-state index contributed by atoms with van der Waals surface area (Å²) in [5.74, 6) is 1.25. The molecule has 0 bridgehead atoms. The van der Waals surface area contributed by atoms with Crippen molar-refractivity contribution in [3.63, 3.8) is 0 Å². The molecule has 2 atom stereocenters. The standard InChI is InChI=1S/C22H29ClN8O2/c1-3-25-19-15(23)13(4-7-26-19)16-17-20(30-29-16)28-21(14(10-32)27-17)31-8-5-22(6-9-31)11-33-12(2)18(22)24/h4,7,12,18,32H,3,5-6,8-11,24H2,1-2H3,(H,25,26)(H,28,29,30)/t12-,18+/m0/s1. The Labute approximate surface area is 196 Å². The van der Waals surface area contributed by atoms with Crippen molar-refractivity contribution < 1.29 is 9.84 Å². The lowest BCUT2D eigenvalue weighted by Gasteiger charge is -2.41. The van der Waals surface area contributed by atoms with Gasteiger partial charge in [-0.15, -0.1) is 0 Å². The molecule has 3 aromatic rings. The first-order valence-electron chi connectivity index (χ1n) is 11.3. The van der Waals surface area contributed by atoms with Crippen molar-refractivity contribution in [1.82, 2.24) is 25.1 Å². The van der Waals surface area contributed by atoms with Gasteiger partial charge in [0.25, 0.3) is 0 Å². The molecule has 10 nitrogen and oxygen atoms in total. The van der Waals surface area contributed by atoms with Crippen LogP contribution in [-0.2, 0) is 11.3 Å². The number of anilines is 2. The summed E-state index contributed by atoms with van der Waals surface area (Å²) in [5.41, 5.74) is 9.38. The second-order valence-corrected chi connectivity index (χ2v) is 9.24. The monoisotopic (exact) mass is 472 g/mol. The van der Waals surface area contributed by atoms with Crippen LogP contribution in [0.3, 0.4) is 0 Å². The Morgan fingerprint density at radius 1 is 1.36 bits per heavy atom. The number of nitrogens with zero attached hydrogens (tertiary/aromatic N) is 5. The van der Waals surface area contributed by atoms with Crippen LogP contribution >= 0.6 is 11.6 Å². The molecule has 11 heteroatoms. The molecule has 1 spiro atoms. The normalized spacial score (nSPS) is 22.4. The Morgan fingerprint density at radius 3 is 2.82 bits per heavy atom. The predicted octanol–water partition coefficient (Wildman–Crippen LogP) is 2.33. The summed E-state index contributed by atoms with van der Waals surface area (Å²) < 4.78 is 5.83. The van der Waals surface area contributed by atoms with Gasteiger partial charge in [-0.2, -0.15) is 5.10 Å². The molecule has 0 radical (unpaired) electrons. The van der Waals surface area contributed by atoms with Crippen LogP contribution in [0.15, 0.2) is 12.3 Å². The van der Waals surface area contributed by atoms with E-state index in [-0.39, 0.29) is 24.2 Å². The van der Waals surface area contributed by atoms with Crippen LogP contribution in [0, 0.1) is 5.41 Å². The average Bonchev–Trinajstić information content (AvgIpc) is 3.36. The summed E-state index contributed by atoms with van der Waals surface area (Å²) in [6, 6.07) is 1.85. The third-order valence-corrected chi connectivity index (χ3v) is 7.38. The van der Waals surface area contributed by atoms with E-state index in [0.717, 1.165) is 31.5 Å². The summed E-state index contributed by atoms with van der Waals surface area (Å²) in [5, 5.41) is 21.2. The van der Waals surface area contributed by atoms with Crippen molar-refractivity contribution in [3.05, 3.63) is 23.0 Å². The maximum atomic E-state index is 10.1. The molecule has 3 aromatic heterocycles. The van der Waals surface area contributed by atoms with Gasteiger partial charge < -0.3 is 25.8 Å². The van der Waals surface area contributed by atoms with Gasteiger partial charge >= 0.3 is 0 Å². The number of aromatic nitrogens is 5. The van der Waals surface area contributed by atoms with E-state index in [1.54, 1.807) is 6.20 Å². The Bertz CT molecular complexity index is 1160. The van der Waals surface area contributed by atoms with Gasteiger partial charge in [-0.1, -0.05) is 11.6 Å². The Hall–Kier alpha value is -2.53. The zero-order valence-electron chi connectivity index (χ0n) is 18.8. The number of ether oxygens (including phenoxy) is 1. The Kier molecular flexibility index (Phi) is 5.86. The van der Waals surface area contributed by atoms with Crippen LogP contribution < -0.4 is 16.0 Å². The van der Waals surface area contributed by atoms with Gasteiger partial charge in [-0.3, -0.25) is 5.10 Å². The molecule has 2 fully saturated rings. The zero-order valence-corrected chi connectivity index (χ0v) is 19.6. The molecule has 0 amide bonds. The van der Waals surface area contributed by atoms with E-state index in [2.05, 4.69) is 25.4 Å². The van der Waals surface area contributed by atoms with Crippen molar-refractivity contribution in [1.29, 1.82) is 0 Å². The minimum absolute atomic E-state index is 0.00859. The van der Waals surface area contributed by atoms with E-state index in [1.165, 1.54) is 0 Å². The van der Waals surface area contributed by atoms with Crippen LogP contribution in [-0.4, -0.2) is 68.6 Å². The predicted molar refractivity (Wildman–Crippen MR) is 127 cm³/mol. The van der Waals surface area contributed by atoms with Crippen LogP contribution in [0.25, 0.3) is 22.4 Å². The van der Waals surface area contributed by atoms with Gasteiger partial charge in [0.05, 0.1) is 30.0 Å². The van der Waals surface area contributed by atoms with Gasteiger partial charge in [0, 0.05) is 42.9 Å². The second-order valence-electron chi connectivity index (χ2n) is 8.87. The molecule has 2 aliphatic heterocycles. The van der Waals surface area contributed by atoms with Crippen molar-refractivity contribution in [2.75, 3.05) is 36.5 Å². The van der Waals surface area contributed by atoms with Gasteiger partial charge in [0.15, 0.2) is 5.82 Å². The topological polar surface area (TPSA) is 138 Å².